The third kappa shape index (κ3) is 6.34. The third-order valence-corrected chi connectivity index (χ3v) is 9.91. The molecule has 4 aromatic rings. The molecule has 248 valence electrons. The highest BCUT2D eigenvalue weighted by molar-refractivity contribution is 7.61. The molecule has 2 aliphatic rings. The second-order valence-electron chi connectivity index (χ2n) is 10.3. The van der Waals surface area contributed by atoms with Gasteiger partial charge in [0.1, 0.15) is 42.4 Å². The minimum absolute atomic E-state index is 0.0726. The van der Waals surface area contributed by atoms with Gasteiger partial charge in [-0.3, -0.25) is 22.8 Å². The standard InChI is InChI=1S/C23H27N7O14P2/c24-19(35)11-2-1-4-28(6-11)22-17(33)15(31)12(42-22)7-40-45(36,37)44-46(38,39)41-8-13-16(32)18(34)23(43-13)30-10-26-14-20-25-3-5-29(20)9-27-21(14)30/h1-6,9-10,12-13,15-18,22-23,31-34H,7-8H2,(H3-,24,35,36,37,38,39)/p+1/t12-,13-,15-,16-,17-,18-,22+,23-/m1/s1. The van der Waals surface area contributed by atoms with E-state index in [9.17, 15) is 44.1 Å². The van der Waals surface area contributed by atoms with E-state index in [0.29, 0.717) is 11.2 Å². The largest absolute Gasteiger partial charge is 0.481 e. The van der Waals surface area contributed by atoms with Crippen molar-refractivity contribution in [3.8, 4) is 0 Å². The molecule has 8 N–H and O–H groups in total. The highest BCUT2D eigenvalue weighted by Gasteiger charge is 2.50. The molecule has 2 saturated heterocycles. The molecule has 0 bridgehead atoms. The monoisotopic (exact) mass is 688 g/mol. The van der Waals surface area contributed by atoms with Crippen LogP contribution in [0, 0.1) is 0 Å². The van der Waals surface area contributed by atoms with E-state index in [0.717, 1.165) is 0 Å². The molecule has 46 heavy (non-hydrogen) atoms. The Labute approximate surface area is 257 Å². The number of aliphatic hydroxyl groups is 4. The van der Waals surface area contributed by atoms with Crippen molar-refractivity contribution in [2.75, 3.05) is 13.2 Å². The van der Waals surface area contributed by atoms with E-state index in [-0.39, 0.29) is 11.2 Å². The summed E-state index contributed by atoms with van der Waals surface area (Å²) in [5.41, 5.74) is 6.44. The minimum Gasteiger partial charge on any atom is -0.387 e. The number of phosphoric ester groups is 2. The van der Waals surface area contributed by atoms with E-state index < -0.39 is 83.8 Å². The molecule has 0 saturated carbocycles. The number of nitrogens with two attached hydrogens (primary N) is 1. The fraction of sp³-hybridized carbons (Fsp3) is 0.435. The number of rotatable bonds is 11. The van der Waals surface area contributed by atoms with Crippen LogP contribution in [-0.4, -0.2) is 110 Å². The molecule has 2 unspecified atom stereocenters. The van der Waals surface area contributed by atoms with Gasteiger partial charge >= 0.3 is 15.6 Å². The van der Waals surface area contributed by atoms with Gasteiger partial charge in [0, 0.05) is 18.5 Å². The Bertz CT molecular complexity index is 1860. The summed E-state index contributed by atoms with van der Waals surface area (Å²) in [5, 5.41) is 41.9. The number of nitrogens with zero attached hydrogens (tertiary/aromatic N) is 6. The minimum atomic E-state index is -5.37. The molecule has 6 heterocycles. The Hall–Kier alpha value is -3.27. The van der Waals surface area contributed by atoms with Gasteiger partial charge in [0.05, 0.1) is 19.5 Å². The molecule has 23 heteroatoms. The van der Waals surface area contributed by atoms with Crippen LogP contribution in [0.5, 0.6) is 0 Å². The Morgan fingerprint density at radius 3 is 2.30 bits per heavy atom. The lowest BCUT2D eigenvalue weighted by molar-refractivity contribution is -0.765. The average molecular weight is 688 g/mol. The number of aliphatic hydroxyl groups excluding tert-OH is 4. The number of carbonyl (C=O) groups excluding carboxylic acids is 1. The fourth-order valence-corrected chi connectivity index (χ4v) is 7.14. The van der Waals surface area contributed by atoms with Gasteiger partial charge in [-0.25, -0.2) is 24.1 Å². The highest BCUT2D eigenvalue weighted by Crippen LogP contribution is 2.60. The Morgan fingerprint density at radius 2 is 1.61 bits per heavy atom. The lowest BCUT2D eigenvalue weighted by Gasteiger charge is -2.20. The molecule has 2 fully saturated rings. The molecule has 0 radical (unpaired) electrons. The smallest absolute Gasteiger partial charge is 0.387 e. The number of ether oxygens (including phenoxy) is 2. The first-order chi connectivity index (χ1) is 21.7. The van der Waals surface area contributed by atoms with Crippen molar-refractivity contribution in [2.24, 2.45) is 5.73 Å². The summed E-state index contributed by atoms with van der Waals surface area (Å²) in [6, 6.07) is 2.84. The maximum Gasteiger partial charge on any atom is 0.481 e. The van der Waals surface area contributed by atoms with Gasteiger partial charge in [-0.15, -0.1) is 0 Å². The topological polar surface area (TPSA) is 297 Å². The summed E-state index contributed by atoms with van der Waals surface area (Å²) in [6.07, 6.45) is -3.16. The second-order valence-corrected chi connectivity index (χ2v) is 13.4. The second kappa shape index (κ2) is 12.4. The first-order valence-electron chi connectivity index (χ1n) is 13.4. The number of imidazole rings is 2. The first kappa shape index (κ1) is 32.7. The molecule has 10 atom stereocenters. The van der Waals surface area contributed by atoms with Gasteiger partial charge in [-0.05, 0) is 6.07 Å². The number of aromatic nitrogens is 6. The van der Waals surface area contributed by atoms with Gasteiger partial charge < -0.3 is 45.4 Å². The van der Waals surface area contributed by atoms with E-state index in [1.165, 1.54) is 46.3 Å². The van der Waals surface area contributed by atoms with Crippen LogP contribution < -0.4 is 10.3 Å². The number of pyridine rings is 1. The van der Waals surface area contributed by atoms with Crippen LogP contribution in [0.3, 0.4) is 0 Å². The van der Waals surface area contributed by atoms with Gasteiger partial charge in [-0.1, -0.05) is 0 Å². The number of fused-ring (bicyclic) bond motifs is 3. The van der Waals surface area contributed by atoms with Crippen LogP contribution in [0.1, 0.15) is 22.8 Å². The normalized spacial score (nSPS) is 30.9. The van der Waals surface area contributed by atoms with Crippen molar-refractivity contribution in [3.63, 3.8) is 0 Å². The van der Waals surface area contributed by atoms with E-state index in [1.54, 1.807) is 16.8 Å². The lowest BCUT2D eigenvalue weighted by atomic mass is 10.1. The van der Waals surface area contributed by atoms with Crippen LogP contribution in [0.25, 0.3) is 16.8 Å². The molecular formula is C23H28N7O14P2+. The molecule has 21 nitrogen and oxygen atoms in total. The maximum atomic E-state index is 12.5. The van der Waals surface area contributed by atoms with Crippen LogP contribution in [0.2, 0.25) is 0 Å². The van der Waals surface area contributed by atoms with E-state index in [1.807, 2.05) is 0 Å². The molecule has 1 amide bonds. The quantitative estimate of drug-likeness (QED) is 0.0641. The summed E-state index contributed by atoms with van der Waals surface area (Å²) in [7, 11) is -10.7. The van der Waals surface area contributed by atoms with E-state index in [4.69, 9.17) is 24.3 Å². The van der Waals surface area contributed by atoms with Crippen molar-refractivity contribution < 1.29 is 71.5 Å². The van der Waals surface area contributed by atoms with Crippen molar-refractivity contribution in [1.29, 1.82) is 0 Å². The van der Waals surface area contributed by atoms with Gasteiger partial charge in [0.2, 0.25) is 0 Å². The predicted molar refractivity (Wildman–Crippen MR) is 146 cm³/mol. The summed E-state index contributed by atoms with van der Waals surface area (Å²) in [5.74, 6) is -0.762. The summed E-state index contributed by atoms with van der Waals surface area (Å²) < 4.78 is 54.1. The van der Waals surface area contributed by atoms with Gasteiger partial charge in [-0.2, -0.15) is 8.88 Å². The maximum absolute atomic E-state index is 12.5. The lowest BCUT2D eigenvalue weighted by Crippen LogP contribution is -2.46. The fourth-order valence-electron chi connectivity index (χ4n) is 5.05. The van der Waals surface area contributed by atoms with E-state index in [2.05, 4.69) is 19.3 Å². The van der Waals surface area contributed by atoms with Gasteiger partial charge in [0.25, 0.3) is 12.1 Å². The van der Waals surface area contributed by atoms with Crippen LogP contribution in [-0.2, 0) is 32.0 Å². The molecule has 0 aliphatic carbocycles. The van der Waals surface area contributed by atoms with Crippen molar-refractivity contribution in [3.05, 3.63) is 55.1 Å². The summed E-state index contributed by atoms with van der Waals surface area (Å²) in [6.45, 7) is -1.78. The van der Waals surface area contributed by atoms with Crippen molar-refractivity contribution in [2.45, 2.75) is 49.1 Å². The number of amides is 1. The average Bonchev–Trinajstić information content (AvgIpc) is 3.77. The summed E-state index contributed by atoms with van der Waals surface area (Å²) >= 11 is 0. The van der Waals surface area contributed by atoms with E-state index >= 15 is 0 Å². The number of phosphoric acid groups is 2. The zero-order valence-electron chi connectivity index (χ0n) is 23.3. The molecular weight excluding hydrogens is 660 g/mol. The number of hydrogen-bond acceptors (Lipinski definition) is 15. The van der Waals surface area contributed by atoms with Gasteiger partial charge in [0.15, 0.2) is 41.5 Å². The zero-order chi connectivity index (χ0) is 33.0. The van der Waals surface area contributed by atoms with Crippen LogP contribution in [0.4, 0.5) is 0 Å². The molecule has 0 spiro atoms. The highest BCUT2D eigenvalue weighted by atomic mass is 31.3. The number of primary amides is 1. The third-order valence-electron chi connectivity index (χ3n) is 7.31. The first-order valence-corrected chi connectivity index (χ1v) is 16.4. The molecule has 6 rings (SSSR count). The molecule has 4 aromatic heterocycles. The van der Waals surface area contributed by atoms with Crippen LogP contribution >= 0.6 is 15.6 Å². The molecule has 2 aliphatic heterocycles. The number of carbonyl (C=O) groups is 1. The van der Waals surface area contributed by atoms with Crippen LogP contribution in [0.15, 0.2) is 49.6 Å². The Balaban J connectivity index is 1.04. The van der Waals surface area contributed by atoms with Crippen molar-refractivity contribution in [1.82, 2.24) is 23.9 Å². The molecule has 0 aromatic carbocycles. The Kier molecular flexibility index (Phi) is 8.80. The SMILES string of the molecule is NC(=O)c1ccc[n+]([C@H]2O[C@H](COP(=O)(O)OP(=O)(O)OC[C@H]3O[C@@H](n4cnc5c4ncn4ccnc54)[C@H](O)[C@@H]3O)[C@@H](O)[C@H]2O)c1. The Morgan fingerprint density at radius 1 is 0.935 bits per heavy atom. The zero-order valence-corrected chi connectivity index (χ0v) is 25.0. The number of hydrogen-bond donors (Lipinski definition) is 7. The van der Waals surface area contributed by atoms with Crippen molar-refractivity contribution >= 4 is 38.4 Å². The predicted octanol–water partition coefficient (Wildman–Crippen LogP) is -2.35. The summed E-state index contributed by atoms with van der Waals surface area (Å²) in [4.78, 5) is 44.3.